The van der Waals surface area contributed by atoms with Gasteiger partial charge in [-0.15, -0.1) is 0 Å². The molecule has 1 aliphatic carbocycles. The number of rotatable bonds is 5. The topological polar surface area (TPSA) is 55.4 Å². The lowest BCUT2D eigenvalue weighted by Crippen LogP contribution is -2.45. The van der Waals surface area contributed by atoms with Crippen LogP contribution in [0.2, 0.25) is 0 Å². The lowest BCUT2D eigenvalue weighted by Gasteiger charge is -2.34. The molecule has 0 radical (unpaired) electrons. The summed E-state index contributed by atoms with van der Waals surface area (Å²) in [6.45, 7) is 4.37. The number of aldehydes is 1. The number of ether oxygens (including phenoxy) is 1. The molecule has 0 spiro atoms. The second-order valence-corrected chi connectivity index (χ2v) is 7.05. The van der Waals surface area contributed by atoms with E-state index in [-0.39, 0.29) is 18.6 Å². The molecule has 1 saturated carbocycles. The maximum atomic E-state index is 12.3. The van der Waals surface area contributed by atoms with Gasteiger partial charge in [0.1, 0.15) is 5.75 Å². The predicted molar refractivity (Wildman–Crippen MR) is 98.9 cm³/mol. The van der Waals surface area contributed by atoms with Crippen LogP contribution in [0.1, 0.15) is 43.5 Å². The largest absolute Gasteiger partial charge is 0.483 e. The number of fused-ring (bicyclic) bond motifs is 1. The first kappa shape index (κ1) is 17.5. The Kier molecular flexibility index (Phi) is 5.37. The van der Waals surface area contributed by atoms with E-state index < -0.39 is 0 Å². The van der Waals surface area contributed by atoms with Gasteiger partial charge < -0.3 is 10.1 Å². The van der Waals surface area contributed by atoms with E-state index in [1.807, 2.05) is 30.3 Å². The highest BCUT2D eigenvalue weighted by molar-refractivity contribution is 6.00. The van der Waals surface area contributed by atoms with E-state index >= 15 is 0 Å². The van der Waals surface area contributed by atoms with Crippen LogP contribution in [0.15, 0.2) is 36.4 Å². The van der Waals surface area contributed by atoms with Crippen LogP contribution in [0.4, 0.5) is 0 Å². The summed E-state index contributed by atoms with van der Waals surface area (Å²) >= 11 is 0. The molecule has 1 N–H and O–H groups in total. The summed E-state index contributed by atoms with van der Waals surface area (Å²) in [7, 11) is 0. The molecule has 2 aromatic rings. The molecule has 0 aromatic heterocycles. The first-order valence-corrected chi connectivity index (χ1v) is 8.99. The molecule has 132 valence electrons. The summed E-state index contributed by atoms with van der Waals surface area (Å²) in [5.41, 5.74) is 0.491. The van der Waals surface area contributed by atoms with E-state index in [1.54, 1.807) is 6.07 Å². The van der Waals surface area contributed by atoms with Crippen LogP contribution in [0.25, 0.3) is 10.8 Å². The van der Waals surface area contributed by atoms with Gasteiger partial charge in [0.05, 0.1) is 5.56 Å². The Morgan fingerprint density at radius 3 is 2.80 bits per heavy atom. The Bertz CT molecular complexity index is 771. The zero-order chi connectivity index (χ0) is 17.8. The van der Waals surface area contributed by atoms with Crippen LogP contribution in [0, 0.1) is 11.8 Å². The molecule has 1 fully saturated rings. The van der Waals surface area contributed by atoms with Gasteiger partial charge >= 0.3 is 0 Å². The Balaban J connectivity index is 1.66. The van der Waals surface area contributed by atoms with E-state index in [0.717, 1.165) is 29.9 Å². The minimum atomic E-state index is -0.129. The molecule has 0 heterocycles. The molecule has 4 heteroatoms. The highest BCUT2D eigenvalue weighted by atomic mass is 16.5. The molecule has 0 bridgehead atoms. The van der Waals surface area contributed by atoms with Gasteiger partial charge in [0.25, 0.3) is 5.91 Å². The van der Waals surface area contributed by atoms with Gasteiger partial charge in [-0.25, -0.2) is 0 Å². The SMILES string of the molecule is C[C@@H]1[C@H](C)CCC[C@@H]1NC(=O)COc1ccc2ccccc2c1C=O. The number of nitrogens with one attached hydrogen (secondary N) is 1. The van der Waals surface area contributed by atoms with Crippen LogP contribution in [-0.2, 0) is 4.79 Å². The molecule has 4 nitrogen and oxygen atoms in total. The van der Waals surface area contributed by atoms with Crippen LogP contribution in [0.3, 0.4) is 0 Å². The molecule has 0 aliphatic heterocycles. The van der Waals surface area contributed by atoms with Crippen molar-refractivity contribution in [3.63, 3.8) is 0 Å². The number of carbonyl (C=O) groups excluding carboxylic acids is 2. The van der Waals surface area contributed by atoms with Gasteiger partial charge in [0.15, 0.2) is 12.9 Å². The summed E-state index contributed by atoms with van der Waals surface area (Å²) in [5, 5.41) is 4.91. The molecule has 0 unspecified atom stereocenters. The summed E-state index contributed by atoms with van der Waals surface area (Å²) in [5.74, 6) is 1.43. The Hall–Kier alpha value is -2.36. The van der Waals surface area contributed by atoms with Crippen LogP contribution < -0.4 is 10.1 Å². The average molecular weight is 339 g/mol. The average Bonchev–Trinajstić information content (AvgIpc) is 2.63. The van der Waals surface area contributed by atoms with Crippen molar-refractivity contribution >= 4 is 23.0 Å². The van der Waals surface area contributed by atoms with Crippen molar-refractivity contribution in [1.29, 1.82) is 0 Å². The van der Waals surface area contributed by atoms with Crippen molar-refractivity contribution in [3.8, 4) is 5.75 Å². The first-order valence-electron chi connectivity index (χ1n) is 8.99. The second kappa shape index (κ2) is 7.68. The van der Waals surface area contributed by atoms with Crippen molar-refractivity contribution in [2.75, 3.05) is 6.61 Å². The van der Waals surface area contributed by atoms with Crippen LogP contribution >= 0.6 is 0 Å². The smallest absolute Gasteiger partial charge is 0.258 e. The highest BCUT2D eigenvalue weighted by Crippen LogP contribution is 2.29. The van der Waals surface area contributed by atoms with E-state index in [2.05, 4.69) is 19.2 Å². The monoisotopic (exact) mass is 339 g/mol. The van der Waals surface area contributed by atoms with Crippen molar-refractivity contribution < 1.29 is 14.3 Å². The Labute approximate surface area is 148 Å². The molecule has 0 saturated heterocycles. The maximum absolute atomic E-state index is 12.3. The summed E-state index contributed by atoms with van der Waals surface area (Å²) in [4.78, 5) is 23.8. The zero-order valence-electron chi connectivity index (χ0n) is 14.8. The standard InChI is InChI=1S/C21H25NO3/c1-14-6-5-9-19(15(14)2)22-21(24)13-25-20-11-10-16-7-3-4-8-17(16)18(20)12-23/h3-4,7-8,10-12,14-15,19H,5-6,9,13H2,1-2H3,(H,22,24)/t14-,15-,19+/m1/s1. The Morgan fingerprint density at radius 1 is 1.20 bits per heavy atom. The lowest BCUT2D eigenvalue weighted by atomic mass is 9.78. The lowest BCUT2D eigenvalue weighted by molar-refractivity contribution is -0.124. The van der Waals surface area contributed by atoms with Gasteiger partial charge in [0, 0.05) is 6.04 Å². The zero-order valence-corrected chi connectivity index (χ0v) is 14.8. The fraction of sp³-hybridized carbons (Fsp3) is 0.429. The van der Waals surface area contributed by atoms with E-state index in [1.165, 1.54) is 6.42 Å². The predicted octanol–water partition coefficient (Wildman–Crippen LogP) is 3.97. The quantitative estimate of drug-likeness (QED) is 0.839. The van der Waals surface area contributed by atoms with Gasteiger partial charge in [-0.1, -0.05) is 57.0 Å². The van der Waals surface area contributed by atoms with Crippen molar-refractivity contribution in [1.82, 2.24) is 5.32 Å². The maximum Gasteiger partial charge on any atom is 0.258 e. The molecular formula is C21H25NO3. The molecule has 2 aromatic carbocycles. The van der Waals surface area contributed by atoms with E-state index in [4.69, 9.17) is 4.74 Å². The van der Waals surface area contributed by atoms with Crippen LogP contribution in [0.5, 0.6) is 5.75 Å². The fourth-order valence-corrected chi connectivity index (χ4v) is 3.70. The van der Waals surface area contributed by atoms with E-state index in [9.17, 15) is 9.59 Å². The number of amides is 1. The fourth-order valence-electron chi connectivity index (χ4n) is 3.70. The third kappa shape index (κ3) is 3.84. The number of benzene rings is 2. The minimum Gasteiger partial charge on any atom is -0.483 e. The third-order valence-corrected chi connectivity index (χ3v) is 5.46. The molecule has 3 rings (SSSR count). The van der Waals surface area contributed by atoms with Crippen LogP contribution in [-0.4, -0.2) is 24.8 Å². The molecule has 3 atom stereocenters. The number of hydrogen-bond acceptors (Lipinski definition) is 3. The minimum absolute atomic E-state index is 0.0726. The molecule has 25 heavy (non-hydrogen) atoms. The second-order valence-electron chi connectivity index (χ2n) is 7.05. The number of carbonyl (C=O) groups is 2. The third-order valence-electron chi connectivity index (χ3n) is 5.46. The van der Waals surface area contributed by atoms with Crippen molar-refractivity contribution in [2.45, 2.75) is 39.2 Å². The highest BCUT2D eigenvalue weighted by Gasteiger charge is 2.28. The van der Waals surface area contributed by atoms with Gasteiger partial charge in [0.2, 0.25) is 0 Å². The van der Waals surface area contributed by atoms with Gasteiger partial charge in [-0.2, -0.15) is 0 Å². The van der Waals surface area contributed by atoms with Gasteiger partial charge in [-0.3, -0.25) is 9.59 Å². The molecule has 1 aliphatic rings. The van der Waals surface area contributed by atoms with Crippen molar-refractivity contribution in [3.05, 3.63) is 42.0 Å². The Morgan fingerprint density at radius 2 is 2.00 bits per heavy atom. The molecular weight excluding hydrogens is 314 g/mol. The van der Waals surface area contributed by atoms with Gasteiger partial charge in [-0.05, 0) is 35.1 Å². The summed E-state index contributed by atoms with van der Waals surface area (Å²) in [6, 6.07) is 11.5. The van der Waals surface area contributed by atoms with Crippen molar-refractivity contribution in [2.24, 2.45) is 11.8 Å². The summed E-state index contributed by atoms with van der Waals surface area (Å²) < 4.78 is 5.66. The molecule has 1 amide bonds. The number of hydrogen-bond donors (Lipinski definition) is 1. The first-order chi connectivity index (χ1) is 12.1. The van der Waals surface area contributed by atoms with E-state index in [0.29, 0.717) is 23.1 Å². The summed E-state index contributed by atoms with van der Waals surface area (Å²) in [6.07, 6.45) is 4.19. The normalized spacial score (nSPS) is 23.2.